The number of nitrogens with one attached hydrogen (secondary N) is 1. The highest BCUT2D eigenvalue weighted by Gasteiger charge is 2.28. The zero-order chi connectivity index (χ0) is 19.0. The zero-order valence-electron chi connectivity index (χ0n) is 16.2. The van der Waals surface area contributed by atoms with Crippen molar-refractivity contribution in [2.45, 2.75) is 50.4 Å². The monoisotopic (exact) mass is 378 g/mol. The van der Waals surface area contributed by atoms with Gasteiger partial charge in [0, 0.05) is 32.7 Å². The fourth-order valence-corrected chi connectivity index (χ4v) is 3.90. The van der Waals surface area contributed by atoms with Crippen LogP contribution in [0.15, 0.2) is 24.3 Å². The van der Waals surface area contributed by atoms with E-state index in [9.17, 15) is 10.2 Å². The van der Waals surface area contributed by atoms with Gasteiger partial charge in [-0.3, -0.25) is 4.90 Å². The summed E-state index contributed by atoms with van der Waals surface area (Å²) in [6, 6.07) is 7.93. The number of aliphatic hydroxyl groups excluding tert-OH is 1. The fraction of sp³-hybridized carbons (Fsp3) is 0.714. The van der Waals surface area contributed by atoms with Gasteiger partial charge in [-0.2, -0.15) is 0 Å². The Hall–Kier alpha value is -1.18. The third-order valence-corrected chi connectivity index (χ3v) is 5.48. The Balaban J connectivity index is 1.38. The zero-order valence-corrected chi connectivity index (χ0v) is 16.2. The molecule has 1 heterocycles. The van der Waals surface area contributed by atoms with E-state index in [0.717, 1.165) is 63.3 Å². The quantitative estimate of drug-likeness (QED) is 0.605. The second-order valence-corrected chi connectivity index (χ2v) is 7.91. The van der Waals surface area contributed by atoms with Crippen molar-refractivity contribution >= 4 is 0 Å². The van der Waals surface area contributed by atoms with Gasteiger partial charge in [-0.05, 0) is 30.5 Å². The third-order valence-electron chi connectivity index (χ3n) is 5.48. The topological polar surface area (TPSA) is 74.2 Å². The van der Waals surface area contributed by atoms with E-state index >= 15 is 0 Å². The summed E-state index contributed by atoms with van der Waals surface area (Å²) in [5.41, 5.74) is 0.574. The molecule has 0 radical (unpaired) electrons. The Morgan fingerprint density at radius 1 is 1.19 bits per heavy atom. The number of morpholine rings is 1. The van der Waals surface area contributed by atoms with Crippen molar-refractivity contribution in [2.24, 2.45) is 0 Å². The number of rotatable bonds is 9. The predicted octanol–water partition coefficient (Wildman–Crippen LogP) is 1.54. The Kier molecular flexibility index (Phi) is 7.91. The van der Waals surface area contributed by atoms with Gasteiger partial charge in [0.2, 0.25) is 0 Å². The minimum Gasteiger partial charge on any atom is -0.491 e. The van der Waals surface area contributed by atoms with Crippen molar-refractivity contribution < 1.29 is 19.7 Å². The van der Waals surface area contributed by atoms with E-state index in [1.807, 2.05) is 18.2 Å². The summed E-state index contributed by atoms with van der Waals surface area (Å²) in [6.45, 7) is 5.44. The molecule has 0 aromatic heterocycles. The molecule has 0 bridgehead atoms. The second kappa shape index (κ2) is 10.4. The molecule has 1 aliphatic heterocycles. The lowest BCUT2D eigenvalue weighted by Crippen LogP contribution is -2.42. The minimum absolute atomic E-state index is 0.286. The van der Waals surface area contributed by atoms with E-state index < -0.39 is 11.7 Å². The summed E-state index contributed by atoms with van der Waals surface area (Å²) in [5.74, 6) is 0.770. The van der Waals surface area contributed by atoms with Crippen molar-refractivity contribution in [3.05, 3.63) is 29.8 Å². The number of nitrogens with zero attached hydrogens (tertiary/aromatic N) is 1. The third kappa shape index (κ3) is 7.05. The largest absolute Gasteiger partial charge is 0.491 e. The van der Waals surface area contributed by atoms with Crippen LogP contribution in [0.4, 0.5) is 0 Å². The van der Waals surface area contributed by atoms with E-state index in [1.54, 1.807) is 0 Å². The first kappa shape index (κ1) is 20.6. The van der Waals surface area contributed by atoms with Crippen LogP contribution in [0.5, 0.6) is 5.75 Å². The lowest BCUT2D eigenvalue weighted by atomic mass is 9.85. The van der Waals surface area contributed by atoms with Gasteiger partial charge in [-0.1, -0.05) is 31.4 Å². The van der Waals surface area contributed by atoms with Crippen LogP contribution in [-0.4, -0.2) is 72.8 Å². The second-order valence-electron chi connectivity index (χ2n) is 7.91. The Bertz CT molecular complexity index is 557. The molecule has 3 N–H and O–H groups in total. The minimum atomic E-state index is -0.546. The first-order valence-electron chi connectivity index (χ1n) is 10.3. The number of hydrogen-bond donors (Lipinski definition) is 3. The molecule has 2 aliphatic rings. The van der Waals surface area contributed by atoms with E-state index in [2.05, 4.69) is 16.3 Å². The summed E-state index contributed by atoms with van der Waals surface area (Å²) in [5, 5.41) is 24.1. The lowest BCUT2D eigenvalue weighted by Gasteiger charge is -2.32. The van der Waals surface area contributed by atoms with Crippen molar-refractivity contribution in [1.82, 2.24) is 10.2 Å². The van der Waals surface area contributed by atoms with Gasteiger partial charge in [-0.25, -0.2) is 0 Å². The summed E-state index contributed by atoms with van der Waals surface area (Å²) < 4.78 is 11.1. The molecule has 0 spiro atoms. The van der Waals surface area contributed by atoms with Crippen molar-refractivity contribution in [3.63, 3.8) is 0 Å². The maximum Gasteiger partial charge on any atom is 0.119 e. The number of ether oxygens (including phenoxy) is 2. The van der Waals surface area contributed by atoms with Crippen LogP contribution in [0, 0.1) is 0 Å². The number of β-amino-alcohol motifs (C(OH)–C–C–N with tert-alkyl or cyclic N) is 1. The van der Waals surface area contributed by atoms with Gasteiger partial charge in [-0.15, -0.1) is 0 Å². The van der Waals surface area contributed by atoms with Gasteiger partial charge in [0.25, 0.3) is 0 Å². The molecule has 1 atom stereocenters. The SMILES string of the molecule is O[C@H](COc1cccc(CNCC2(O)CCCCC2)c1)CN1CCOCC1. The van der Waals surface area contributed by atoms with Crippen LogP contribution in [0.2, 0.25) is 0 Å². The number of hydrogen-bond acceptors (Lipinski definition) is 6. The highest BCUT2D eigenvalue weighted by atomic mass is 16.5. The first-order chi connectivity index (χ1) is 13.1. The molecular formula is C21H34N2O4. The first-order valence-corrected chi connectivity index (χ1v) is 10.3. The van der Waals surface area contributed by atoms with Crippen LogP contribution in [-0.2, 0) is 11.3 Å². The molecule has 3 rings (SSSR count). The summed E-state index contributed by atoms with van der Waals surface area (Å²) in [7, 11) is 0. The highest BCUT2D eigenvalue weighted by molar-refractivity contribution is 5.28. The molecule has 1 aromatic carbocycles. The summed E-state index contributed by atoms with van der Waals surface area (Å²) in [4.78, 5) is 2.20. The molecule has 1 saturated carbocycles. The molecule has 1 aromatic rings. The number of aliphatic hydroxyl groups is 2. The number of benzene rings is 1. The van der Waals surface area contributed by atoms with Crippen molar-refractivity contribution in [2.75, 3.05) is 46.0 Å². The molecule has 2 fully saturated rings. The average Bonchev–Trinajstić information content (AvgIpc) is 2.68. The Labute approximate surface area is 162 Å². The average molecular weight is 379 g/mol. The molecule has 0 amide bonds. The molecule has 27 heavy (non-hydrogen) atoms. The molecule has 1 saturated heterocycles. The van der Waals surface area contributed by atoms with Gasteiger partial charge in [0.15, 0.2) is 0 Å². The molecule has 6 nitrogen and oxygen atoms in total. The molecule has 152 valence electrons. The summed E-state index contributed by atoms with van der Waals surface area (Å²) in [6.07, 6.45) is 4.75. The van der Waals surface area contributed by atoms with Crippen LogP contribution in [0.1, 0.15) is 37.7 Å². The molecule has 0 unspecified atom stereocenters. The fourth-order valence-electron chi connectivity index (χ4n) is 3.90. The van der Waals surface area contributed by atoms with Gasteiger partial charge in [0.1, 0.15) is 18.5 Å². The van der Waals surface area contributed by atoms with Crippen molar-refractivity contribution in [1.29, 1.82) is 0 Å². The predicted molar refractivity (Wildman–Crippen MR) is 105 cm³/mol. The van der Waals surface area contributed by atoms with E-state index in [4.69, 9.17) is 9.47 Å². The smallest absolute Gasteiger partial charge is 0.119 e. The van der Waals surface area contributed by atoms with E-state index in [-0.39, 0.29) is 6.61 Å². The highest BCUT2D eigenvalue weighted by Crippen LogP contribution is 2.27. The van der Waals surface area contributed by atoms with Gasteiger partial charge < -0.3 is 25.0 Å². The van der Waals surface area contributed by atoms with Gasteiger partial charge >= 0.3 is 0 Å². The summed E-state index contributed by atoms with van der Waals surface area (Å²) >= 11 is 0. The lowest BCUT2D eigenvalue weighted by molar-refractivity contribution is 0.00418. The van der Waals surface area contributed by atoms with Crippen LogP contribution >= 0.6 is 0 Å². The Morgan fingerprint density at radius 3 is 2.74 bits per heavy atom. The van der Waals surface area contributed by atoms with Crippen LogP contribution in [0.25, 0.3) is 0 Å². The van der Waals surface area contributed by atoms with E-state index in [1.165, 1.54) is 6.42 Å². The maximum absolute atomic E-state index is 10.6. The normalized spacial score (nSPS) is 21.7. The Morgan fingerprint density at radius 2 is 1.96 bits per heavy atom. The molecule has 1 aliphatic carbocycles. The van der Waals surface area contributed by atoms with E-state index in [0.29, 0.717) is 19.6 Å². The maximum atomic E-state index is 10.6. The molecule has 6 heteroatoms. The van der Waals surface area contributed by atoms with Crippen LogP contribution < -0.4 is 10.1 Å². The molecular weight excluding hydrogens is 344 g/mol. The van der Waals surface area contributed by atoms with Gasteiger partial charge in [0.05, 0.1) is 18.8 Å². The standard InChI is InChI=1S/C21H34N2O4/c24-19(15-23-9-11-26-12-10-23)16-27-20-6-4-5-18(13-20)14-22-17-21(25)7-2-1-3-8-21/h4-6,13,19,22,24-25H,1-3,7-12,14-17H2/t19-/m0/s1. The van der Waals surface area contributed by atoms with Crippen molar-refractivity contribution in [3.8, 4) is 5.75 Å². The van der Waals surface area contributed by atoms with Crippen LogP contribution in [0.3, 0.4) is 0 Å².